The number of esters is 1. The van der Waals surface area contributed by atoms with Crippen LogP contribution in [0.1, 0.15) is 41.3 Å². The molecule has 134 valence electrons. The minimum Gasteiger partial charge on any atom is -0.465 e. The molecule has 0 spiro atoms. The number of ether oxygens (including phenoxy) is 1. The molecular weight excluding hydrogens is 330 g/mol. The Morgan fingerprint density at radius 3 is 2.54 bits per heavy atom. The summed E-state index contributed by atoms with van der Waals surface area (Å²) in [6, 6.07) is 7.39. The summed E-state index contributed by atoms with van der Waals surface area (Å²) in [5.74, 6) is -0.469. The molecule has 0 aliphatic carbocycles. The summed E-state index contributed by atoms with van der Waals surface area (Å²) in [5.41, 5.74) is 2.35. The first kappa shape index (κ1) is 17.8. The highest BCUT2D eigenvalue weighted by Gasteiger charge is 2.21. The molecule has 3 heterocycles. The van der Waals surface area contributed by atoms with Crippen LogP contribution in [0.3, 0.4) is 0 Å². The molecule has 0 aliphatic heterocycles. The number of hydrogen-bond donors (Lipinski definition) is 0. The van der Waals surface area contributed by atoms with Crippen molar-refractivity contribution in [3.8, 4) is 0 Å². The van der Waals surface area contributed by atoms with Crippen molar-refractivity contribution >= 4 is 16.7 Å². The Labute approximate surface area is 151 Å². The molecule has 0 saturated heterocycles. The molecule has 0 aromatic carbocycles. The van der Waals surface area contributed by atoms with Crippen molar-refractivity contribution in [2.45, 2.75) is 33.2 Å². The number of rotatable bonds is 5. The van der Waals surface area contributed by atoms with Crippen molar-refractivity contribution in [1.82, 2.24) is 14.5 Å². The normalized spacial score (nSPS) is 10.9. The molecule has 0 radical (unpaired) electrons. The highest BCUT2D eigenvalue weighted by Crippen LogP contribution is 2.23. The largest absolute Gasteiger partial charge is 0.465 e. The van der Waals surface area contributed by atoms with E-state index in [1.54, 1.807) is 23.0 Å². The van der Waals surface area contributed by atoms with E-state index in [-0.39, 0.29) is 5.56 Å². The first-order chi connectivity index (χ1) is 12.6. The quantitative estimate of drug-likeness (QED) is 0.661. The molecule has 6 heteroatoms. The van der Waals surface area contributed by atoms with Gasteiger partial charge in [-0.15, -0.1) is 0 Å². The molecule has 0 amide bonds. The average Bonchev–Trinajstić information content (AvgIpc) is 2.68. The van der Waals surface area contributed by atoms with E-state index in [2.05, 4.69) is 9.97 Å². The monoisotopic (exact) mass is 351 g/mol. The van der Waals surface area contributed by atoms with Gasteiger partial charge in [0.2, 0.25) is 0 Å². The van der Waals surface area contributed by atoms with E-state index >= 15 is 0 Å². The molecule has 0 unspecified atom stereocenters. The molecule has 0 N–H and O–H groups in total. The lowest BCUT2D eigenvalue weighted by atomic mass is 10.0. The number of carbonyl (C=O) groups excluding carboxylic acids is 1. The van der Waals surface area contributed by atoms with E-state index in [1.807, 2.05) is 32.0 Å². The highest BCUT2D eigenvalue weighted by atomic mass is 16.5. The van der Waals surface area contributed by atoms with Gasteiger partial charge in [-0.1, -0.05) is 19.9 Å². The van der Waals surface area contributed by atoms with E-state index < -0.39 is 5.97 Å². The first-order valence-corrected chi connectivity index (χ1v) is 8.63. The summed E-state index contributed by atoms with van der Waals surface area (Å²) in [6.45, 7) is 4.25. The Morgan fingerprint density at radius 2 is 1.92 bits per heavy atom. The van der Waals surface area contributed by atoms with E-state index in [0.717, 1.165) is 5.69 Å². The average molecular weight is 351 g/mol. The molecule has 0 fully saturated rings. The van der Waals surface area contributed by atoms with Gasteiger partial charge in [-0.3, -0.25) is 14.8 Å². The van der Waals surface area contributed by atoms with Gasteiger partial charge >= 0.3 is 5.97 Å². The predicted octanol–water partition coefficient (Wildman–Crippen LogP) is 2.75. The summed E-state index contributed by atoms with van der Waals surface area (Å²) in [5, 5.41) is 1.08. The van der Waals surface area contributed by atoms with Crippen molar-refractivity contribution in [3.63, 3.8) is 0 Å². The van der Waals surface area contributed by atoms with Crippen LogP contribution in [-0.2, 0) is 24.1 Å². The van der Waals surface area contributed by atoms with Gasteiger partial charge in [0.1, 0.15) is 0 Å². The third kappa shape index (κ3) is 3.10. The van der Waals surface area contributed by atoms with Gasteiger partial charge in [0.25, 0.3) is 5.56 Å². The van der Waals surface area contributed by atoms with Crippen LogP contribution in [0.25, 0.3) is 10.8 Å². The fourth-order valence-electron chi connectivity index (χ4n) is 3.12. The second-order valence-electron chi connectivity index (χ2n) is 5.94. The van der Waals surface area contributed by atoms with Crippen LogP contribution in [0.15, 0.2) is 41.5 Å². The molecule has 0 aliphatic rings. The zero-order valence-corrected chi connectivity index (χ0v) is 15.2. The SMILES string of the molecule is CCc1nc(CC)c2c(=O)n(Cc3ccccn3)ccc2c1C(=O)OC. The maximum Gasteiger partial charge on any atom is 0.340 e. The van der Waals surface area contributed by atoms with E-state index in [0.29, 0.717) is 47.1 Å². The molecule has 6 nitrogen and oxygen atoms in total. The van der Waals surface area contributed by atoms with Gasteiger partial charge in [-0.05, 0) is 31.0 Å². The standard InChI is InChI=1S/C20H21N3O3/c1-4-15-17-14(18(20(25)26-3)16(5-2)22-15)9-11-23(19(17)24)12-13-8-6-7-10-21-13/h6-11H,4-5,12H2,1-3H3. The predicted molar refractivity (Wildman–Crippen MR) is 99.4 cm³/mol. The van der Waals surface area contributed by atoms with Gasteiger partial charge in [-0.25, -0.2) is 4.79 Å². The van der Waals surface area contributed by atoms with E-state index in [1.165, 1.54) is 7.11 Å². The summed E-state index contributed by atoms with van der Waals surface area (Å²) in [4.78, 5) is 34.3. The molecule has 26 heavy (non-hydrogen) atoms. The second-order valence-corrected chi connectivity index (χ2v) is 5.94. The summed E-state index contributed by atoms with van der Waals surface area (Å²) in [6.07, 6.45) is 4.59. The molecule has 0 saturated carbocycles. The lowest BCUT2D eigenvalue weighted by Gasteiger charge is -2.14. The van der Waals surface area contributed by atoms with Gasteiger partial charge < -0.3 is 9.30 Å². The lowest BCUT2D eigenvalue weighted by Crippen LogP contribution is -2.23. The number of aryl methyl sites for hydroxylation is 2. The minimum atomic E-state index is -0.469. The Kier molecular flexibility index (Phi) is 5.11. The number of fused-ring (bicyclic) bond motifs is 1. The summed E-state index contributed by atoms with van der Waals surface area (Å²) in [7, 11) is 1.34. The number of methoxy groups -OCH3 is 1. The third-order valence-electron chi connectivity index (χ3n) is 4.40. The Bertz CT molecular complexity index is 1010. The molecule has 0 bridgehead atoms. The number of nitrogens with zero attached hydrogens (tertiary/aromatic N) is 3. The van der Waals surface area contributed by atoms with Crippen molar-refractivity contribution in [2.24, 2.45) is 0 Å². The van der Waals surface area contributed by atoms with Crippen molar-refractivity contribution in [2.75, 3.05) is 7.11 Å². The van der Waals surface area contributed by atoms with Gasteiger partial charge in [0, 0.05) is 17.8 Å². The minimum absolute atomic E-state index is 0.176. The van der Waals surface area contributed by atoms with Crippen LogP contribution >= 0.6 is 0 Å². The van der Waals surface area contributed by atoms with Crippen LogP contribution < -0.4 is 5.56 Å². The fraction of sp³-hybridized carbons (Fsp3) is 0.300. The van der Waals surface area contributed by atoms with Gasteiger partial charge in [0.15, 0.2) is 0 Å². The molecule has 3 aromatic rings. The zero-order valence-electron chi connectivity index (χ0n) is 15.2. The first-order valence-electron chi connectivity index (χ1n) is 8.63. The van der Waals surface area contributed by atoms with E-state index in [4.69, 9.17) is 4.74 Å². The molecule has 0 atom stereocenters. The van der Waals surface area contributed by atoms with Crippen molar-refractivity contribution in [1.29, 1.82) is 0 Å². The third-order valence-corrected chi connectivity index (χ3v) is 4.40. The van der Waals surface area contributed by atoms with Crippen LogP contribution in [0.5, 0.6) is 0 Å². The molecular formula is C20H21N3O3. The lowest BCUT2D eigenvalue weighted by molar-refractivity contribution is 0.0601. The number of carbonyl (C=O) groups is 1. The van der Waals surface area contributed by atoms with Crippen LogP contribution in [0, 0.1) is 0 Å². The maximum atomic E-state index is 13.1. The second kappa shape index (κ2) is 7.47. The smallest absolute Gasteiger partial charge is 0.340 e. The van der Waals surface area contributed by atoms with Crippen molar-refractivity contribution in [3.05, 3.63) is 69.7 Å². The highest BCUT2D eigenvalue weighted by molar-refractivity contribution is 6.05. The van der Waals surface area contributed by atoms with Crippen LogP contribution in [0.2, 0.25) is 0 Å². The summed E-state index contributed by atoms with van der Waals surface area (Å²) < 4.78 is 6.52. The number of hydrogen-bond acceptors (Lipinski definition) is 5. The van der Waals surface area contributed by atoms with Crippen LogP contribution in [0.4, 0.5) is 0 Å². The Hall–Kier alpha value is -3.02. The Balaban J connectivity index is 2.27. The van der Waals surface area contributed by atoms with Crippen LogP contribution in [-0.4, -0.2) is 27.6 Å². The molecule has 3 aromatic heterocycles. The molecule has 3 rings (SSSR count). The van der Waals surface area contributed by atoms with Crippen molar-refractivity contribution < 1.29 is 9.53 Å². The van der Waals surface area contributed by atoms with Gasteiger partial charge in [0.05, 0.1) is 41.7 Å². The topological polar surface area (TPSA) is 74.1 Å². The Morgan fingerprint density at radius 1 is 1.15 bits per heavy atom. The number of aromatic nitrogens is 3. The zero-order chi connectivity index (χ0) is 18.7. The van der Waals surface area contributed by atoms with Gasteiger partial charge in [-0.2, -0.15) is 0 Å². The fourth-order valence-corrected chi connectivity index (χ4v) is 3.12. The summed E-state index contributed by atoms with van der Waals surface area (Å²) >= 11 is 0. The van der Waals surface area contributed by atoms with E-state index in [9.17, 15) is 9.59 Å². The maximum absolute atomic E-state index is 13.1. The number of pyridine rings is 3.